The van der Waals surface area contributed by atoms with Crippen LogP contribution >= 0.6 is 0 Å². The maximum absolute atomic E-state index is 11.8. The van der Waals surface area contributed by atoms with Gasteiger partial charge >= 0.3 is 0 Å². The van der Waals surface area contributed by atoms with Gasteiger partial charge in [-0.1, -0.05) is 12.1 Å². The van der Waals surface area contributed by atoms with Crippen LogP contribution in [0.4, 0.5) is 5.69 Å². The van der Waals surface area contributed by atoms with E-state index in [1.165, 1.54) is 0 Å². The summed E-state index contributed by atoms with van der Waals surface area (Å²) in [7, 11) is 0. The number of anilines is 1. The van der Waals surface area contributed by atoms with Gasteiger partial charge in [-0.3, -0.25) is 4.79 Å². The summed E-state index contributed by atoms with van der Waals surface area (Å²) in [5.74, 6) is 0.199. The largest absolute Gasteiger partial charge is 0.488 e. The minimum atomic E-state index is -0.204. The van der Waals surface area contributed by atoms with Crippen molar-refractivity contribution in [1.82, 2.24) is 0 Å². The summed E-state index contributed by atoms with van der Waals surface area (Å²) < 4.78 is 5.29. The minimum Gasteiger partial charge on any atom is -0.488 e. The number of hydrogen-bond donors (Lipinski definition) is 2. The summed E-state index contributed by atoms with van der Waals surface area (Å²) in [5, 5.41) is 11.6. The van der Waals surface area contributed by atoms with Crippen molar-refractivity contribution in [2.75, 3.05) is 18.5 Å². The van der Waals surface area contributed by atoms with Gasteiger partial charge in [-0.05, 0) is 43.0 Å². The van der Waals surface area contributed by atoms with Gasteiger partial charge in [0.15, 0.2) is 5.76 Å². The summed E-state index contributed by atoms with van der Waals surface area (Å²) in [6, 6.07) is 7.43. The highest BCUT2D eigenvalue weighted by molar-refractivity contribution is 6.02. The first-order valence-corrected chi connectivity index (χ1v) is 6.13. The molecule has 1 aliphatic heterocycles. The van der Waals surface area contributed by atoms with Gasteiger partial charge in [0.05, 0.1) is 6.61 Å². The van der Waals surface area contributed by atoms with E-state index in [-0.39, 0.29) is 12.5 Å². The molecule has 0 radical (unpaired) electrons. The summed E-state index contributed by atoms with van der Waals surface area (Å²) in [6.07, 6.45) is 4.30. The van der Waals surface area contributed by atoms with E-state index in [9.17, 15) is 4.79 Å². The highest BCUT2D eigenvalue weighted by Gasteiger charge is 2.13. The molecule has 0 atom stereocenters. The Kier molecular flexibility index (Phi) is 4.36. The number of carbonyl (C=O) groups excluding carboxylic acids is 1. The first kappa shape index (κ1) is 12.6. The number of hydrogen-bond acceptors (Lipinski definition) is 3. The Morgan fingerprint density at radius 1 is 1.33 bits per heavy atom. The molecule has 0 spiro atoms. The first-order chi connectivity index (χ1) is 8.79. The van der Waals surface area contributed by atoms with E-state index in [1.54, 1.807) is 0 Å². The standard InChI is InChI=1S/C14H17NO3/c16-9-8-11-4-6-12(7-5-11)15-14(17)13-3-1-2-10-18-13/h3-7,16H,1-2,8-10H2,(H,15,17). The van der Waals surface area contributed by atoms with Gasteiger partial charge in [0.1, 0.15) is 0 Å². The van der Waals surface area contributed by atoms with Crippen LogP contribution in [0.2, 0.25) is 0 Å². The molecular weight excluding hydrogens is 230 g/mol. The Morgan fingerprint density at radius 3 is 2.72 bits per heavy atom. The molecule has 1 heterocycles. The second kappa shape index (κ2) is 6.21. The van der Waals surface area contributed by atoms with Gasteiger partial charge in [0.2, 0.25) is 0 Å². The van der Waals surface area contributed by atoms with Crippen LogP contribution in [-0.4, -0.2) is 24.2 Å². The molecule has 0 fully saturated rings. The molecule has 1 amide bonds. The molecule has 0 aromatic heterocycles. The average molecular weight is 247 g/mol. The van der Waals surface area contributed by atoms with Crippen LogP contribution in [0.25, 0.3) is 0 Å². The molecule has 1 aromatic rings. The molecule has 2 rings (SSSR count). The molecule has 4 nitrogen and oxygen atoms in total. The highest BCUT2D eigenvalue weighted by Crippen LogP contribution is 2.14. The molecule has 0 saturated heterocycles. The maximum atomic E-state index is 11.8. The Morgan fingerprint density at radius 2 is 2.11 bits per heavy atom. The van der Waals surface area contributed by atoms with Crippen molar-refractivity contribution in [3.05, 3.63) is 41.7 Å². The summed E-state index contributed by atoms with van der Waals surface area (Å²) >= 11 is 0. The fraction of sp³-hybridized carbons (Fsp3) is 0.357. The Labute approximate surface area is 106 Å². The monoisotopic (exact) mass is 247 g/mol. The second-order valence-corrected chi connectivity index (χ2v) is 4.18. The van der Waals surface area contributed by atoms with Crippen LogP contribution < -0.4 is 5.32 Å². The SMILES string of the molecule is O=C(Nc1ccc(CCO)cc1)C1=CCCCO1. The molecule has 0 bridgehead atoms. The lowest BCUT2D eigenvalue weighted by atomic mass is 10.1. The van der Waals surface area contributed by atoms with Crippen molar-refractivity contribution in [2.24, 2.45) is 0 Å². The van der Waals surface area contributed by atoms with E-state index in [1.807, 2.05) is 30.3 Å². The number of aliphatic hydroxyl groups excluding tert-OH is 1. The van der Waals surface area contributed by atoms with Crippen molar-refractivity contribution in [3.63, 3.8) is 0 Å². The second-order valence-electron chi connectivity index (χ2n) is 4.18. The third kappa shape index (κ3) is 3.34. The van der Waals surface area contributed by atoms with E-state index in [4.69, 9.17) is 9.84 Å². The van der Waals surface area contributed by atoms with Crippen molar-refractivity contribution in [3.8, 4) is 0 Å². The van der Waals surface area contributed by atoms with E-state index in [0.717, 1.165) is 24.1 Å². The van der Waals surface area contributed by atoms with Gasteiger partial charge in [-0.2, -0.15) is 0 Å². The number of ether oxygens (including phenoxy) is 1. The van der Waals surface area contributed by atoms with Gasteiger partial charge < -0.3 is 15.2 Å². The zero-order valence-corrected chi connectivity index (χ0v) is 10.2. The maximum Gasteiger partial charge on any atom is 0.290 e. The predicted octanol–water partition coefficient (Wildman–Crippen LogP) is 1.85. The molecule has 2 N–H and O–H groups in total. The van der Waals surface area contributed by atoms with Crippen LogP contribution in [-0.2, 0) is 16.0 Å². The molecule has 4 heteroatoms. The van der Waals surface area contributed by atoms with E-state index >= 15 is 0 Å². The molecule has 96 valence electrons. The number of nitrogens with one attached hydrogen (secondary N) is 1. The number of rotatable bonds is 4. The van der Waals surface area contributed by atoms with Crippen LogP contribution in [0.3, 0.4) is 0 Å². The third-order valence-corrected chi connectivity index (χ3v) is 2.77. The number of amides is 1. The van der Waals surface area contributed by atoms with Gasteiger partial charge in [0.25, 0.3) is 5.91 Å². The average Bonchev–Trinajstić information content (AvgIpc) is 2.42. The Bertz CT molecular complexity index is 437. The van der Waals surface area contributed by atoms with Gasteiger partial charge in [-0.15, -0.1) is 0 Å². The first-order valence-electron chi connectivity index (χ1n) is 6.13. The zero-order chi connectivity index (χ0) is 12.8. The van der Waals surface area contributed by atoms with Crippen LogP contribution in [0.15, 0.2) is 36.1 Å². The Hall–Kier alpha value is -1.81. The van der Waals surface area contributed by atoms with E-state index in [0.29, 0.717) is 18.8 Å². The van der Waals surface area contributed by atoms with Crippen LogP contribution in [0.5, 0.6) is 0 Å². The molecule has 0 saturated carbocycles. The highest BCUT2D eigenvalue weighted by atomic mass is 16.5. The normalized spacial score (nSPS) is 14.6. The molecule has 0 unspecified atom stereocenters. The van der Waals surface area contributed by atoms with Gasteiger partial charge in [-0.25, -0.2) is 0 Å². The summed E-state index contributed by atoms with van der Waals surface area (Å²) in [6.45, 7) is 0.737. The molecule has 18 heavy (non-hydrogen) atoms. The predicted molar refractivity (Wildman–Crippen MR) is 69.1 cm³/mol. The fourth-order valence-electron chi connectivity index (χ4n) is 1.79. The van der Waals surface area contributed by atoms with Gasteiger partial charge in [0, 0.05) is 12.3 Å². The summed E-state index contributed by atoms with van der Waals surface area (Å²) in [4.78, 5) is 11.8. The quantitative estimate of drug-likeness (QED) is 0.853. The summed E-state index contributed by atoms with van der Waals surface area (Å²) in [5.41, 5.74) is 1.78. The molecule has 1 aliphatic rings. The van der Waals surface area contributed by atoms with Crippen molar-refractivity contribution in [1.29, 1.82) is 0 Å². The lowest BCUT2D eigenvalue weighted by Gasteiger charge is -2.14. The zero-order valence-electron chi connectivity index (χ0n) is 10.2. The topological polar surface area (TPSA) is 58.6 Å². The van der Waals surface area contributed by atoms with E-state index in [2.05, 4.69) is 5.32 Å². The van der Waals surface area contributed by atoms with E-state index < -0.39 is 0 Å². The van der Waals surface area contributed by atoms with Crippen molar-refractivity contribution >= 4 is 11.6 Å². The fourth-order valence-corrected chi connectivity index (χ4v) is 1.79. The molecular formula is C14H17NO3. The number of benzene rings is 1. The lowest BCUT2D eigenvalue weighted by molar-refractivity contribution is -0.116. The number of aliphatic hydroxyl groups is 1. The smallest absolute Gasteiger partial charge is 0.290 e. The lowest BCUT2D eigenvalue weighted by Crippen LogP contribution is -2.18. The van der Waals surface area contributed by atoms with Crippen molar-refractivity contribution < 1.29 is 14.6 Å². The number of carbonyl (C=O) groups is 1. The number of allylic oxidation sites excluding steroid dienone is 1. The molecule has 0 aliphatic carbocycles. The molecule has 1 aromatic carbocycles. The Balaban J connectivity index is 1.96. The van der Waals surface area contributed by atoms with Crippen molar-refractivity contribution in [2.45, 2.75) is 19.3 Å². The third-order valence-electron chi connectivity index (χ3n) is 2.77. The van der Waals surface area contributed by atoms with Crippen LogP contribution in [0.1, 0.15) is 18.4 Å². The van der Waals surface area contributed by atoms with Crippen LogP contribution in [0, 0.1) is 0 Å². The minimum absolute atomic E-state index is 0.131.